The van der Waals surface area contributed by atoms with Crippen LogP contribution < -0.4 is 0 Å². The van der Waals surface area contributed by atoms with Crippen LogP contribution >= 0.6 is 0 Å². The molecule has 0 radical (unpaired) electrons. The molecule has 2 aromatic heterocycles. The Kier molecular flexibility index (Phi) is 3.34. The summed E-state index contributed by atoms with van der Waals surface area (Å²) in [4.78, 5) is 7.08. The van der Waals surface area contributed by atoms with Crippen molar-refractivity contribution in [3.05, 3.63) is 36.3 Å². The third kappa shape index (κ3) is 2.68. The molecule has 100 valence electrons. The van der Waals surface area contributed by atoms with Crippen LogP contribution in [0.3, 0.4) is 0 Å². The van der Waals surface area contributed by atoms with Crippen LogP contribution in [0.25, 0.3) is 11.3 Å². The zero-order chi connectivity index (χ0) is 13.2. The van der Waals surface area contributed by atoms with E-state index in [1.54, 1.807) is 4.68 Å². The van der Waals surface area contributed by atoms with Gasteiger partial charge < -0.3 is 0 Å². The van der Waals surface area contributed by atoms with Crippen molar-refractivity contribution in [2.24, 2.45) is 7.05 Å². The third-order valence-electron chi connectivity index (χ3n) is 3.90. The Hall–Kier alpha value is -1.68. The minimum absolute atomic E-state index is 0.706. The Morgan fingerprint density at radius 3 is 2.79 bits per heavy atom. The first-order valence-electron chi connectivity index (χ1n) is 6.90. The van der Waals surface area contributed by atoms with Gasteiger partial charge in [0.15, 0.2) is 0 Å². The number of aryl methyl sites for hydroxylation is 1. The Labute approximate surface area is 114 Å². The van der Waals surface area contributed by atoms with Crippen LogP contribution in [0.2, 0.25) is 0 Å². The van der Waals surface area contributed by atoms with Crippen molar-refractivity contribution in [2.75, 3.05) is 6.54 Å². The van der Waals surface area contributed by atoms with E-state index < -0.39 is 0 Å². The average Bonchev–Trinajstić information content (AvgIpc) is 3.00. The van der Waals surface area contributed by atoms with Gasteiger partial charge in [0, 0.05) is 37.6 Å². The van der Waals surface area contributed by atoms with Gasteiger partial charge in [-0.3, -0.25) is 14.6 Å². The van der Waals surface area contributed by atoms with Crippen LogP contribution in [-0.2, 0) is 13.6 Å². The fourth-order valence-electron chi connectivity index (χ4n) is 2.70. The highest BCUT2D eigenvalue weighted by atomic mass is 15.2. The number of hydrogen-bond donors (Lipinski definition) is 0. The molecule has 1 fully saturated rings. The summed E-state index contributed by atoms with van der Waals surface area (Å²) in [6.07, 6.45) is 8.48. The predicted molar refractivity (Wildman–Crippen MR) is 75.5 cm³/mol. The number of aromatic nitrogens is 3. The zero-order valence-electron chi connectivity index (χ0n) is 11.6. The predicted octanol–water partition coefficient (Wildman–Crippen LogP) is 2.47. The van der Waals surface area contributed by atoms with Crippen LogP contribution in [0.5, 0.6) is 0 Å². The van der Waals surface area contributed by atoms with E-state index in [0.29, 0.717) is 6.04 Å². The van der Waals surface area contributed by atoms with Crippen molar-refractivity contribution >= 4 is 0 Å². The lowest BCUT2D eigenvalue weighted by molar-refractivity contribution is 0.260. The summed E-state index contributed by atoms with van der Waals surface area (Å²) in [5, 5.41) is 4.18. The van der Waals surface area contributed by atoms with Gasteiger partial charge in [0.2, 0.25) is 0 Å². The summed E-state index contributed by atoms with van der Waals surface area (Å²) in [7, 11) is 1.92. The standard InChI is InChI=1S/C15H20N4/c1-12-4-3-7-19(12)10-13-5-6-15(16-8-13)14-9-17-18(2)11-14/h5-6,8-9,11-12H,3-4,7,10H2,1-2H3. The molecule has 0 amide bonds. The van der Waals surface area contributed by atoms with E-state index >= 15 is 0 Å². The maximum atomic E-state index is 4.55. The van der Waals surface area contributed by atoms with Crippen molar-refractivity contribution < 1.29 is 0 Å². The maximum absolute atomic E-state index is 4.55. The fraction of sp³-hybridized carbons (Fsp3) is 0.467. The molecule has 19 heavy (non-hydrogen) atoms. The molecule has 1 unspecified atom stereocenters. The highest BCUT2D eigenvalue weighted by molar-refractivity contribution is 5.56. The van der Waals surface area contributed by atoms with Crippen molar-refractivity contribution in [1.29, 1.82) is 0 Å². The highest BCUT2D eigenvalue weighted by Crippen LogP contribution is 2.20. The average molecular weight is 256 g/mol. The maximum Gasteiger partial charge on any atom is 0.0733 e. The number of likely N-dealkylation sites (tertiary alicyclic amines) is 1. The Bertz CT molecular complexity index is 544. The summed E-state index contributed by atoms with van der Waals surface area (Å²) >= 11 is 0. The lowest BCUT2D eigenvalue weighted by atomic mass is 10.2. The summed E-state index contributed by atoms with van der Waals surface area (Å²) in [6, 6.07) is 4.98. The van der Waals surface area contributed by atoms with E-state index in [9.17, 15) is 0 Å². The molecule has 1 aliphatic heterocycles. The molecule has 0 bridgehead atoms. The second-order valence-corrected chi connectivity index (χ2v) is 5.42. The van der Waals surface area contributed by atoms with Gasteiger partial charge in [0.25, 0.3) is 0 Å². The van der Waals surface area contributed by atoms with Crippen LogP contribution in [0.15, 0.2) is 30.7 Å². The van der Waals surface area contributed by atoms with Crippen LogP contribution in [-0.4, -0.2) is 32.3 Å². The van der Waals surface area contributed by atoms with E-state index in [1.165, 1.54) is 24.9 Å². The first-order chi connectivity index (χ1) is 9.22. The minimum Gasteiger partial charge on any atom is -0.296 e. The highest BCUT2D eigenvalue weighted by Gasteiger charge is 2.19. The zero-order valence-corrected chi connectivity index (χ0v) is 11.6. The molecule has 0 saturated carbocycles. The number of rotatable bonds is 3. The van der Waals surface area contributed by atoms with E-state index in [2.05, 4.69) is 34.0 Å². The molecule has 4 heteroatoms. The number of hydrogen-bond acceptors (Lipinski definition) is 3. The third-order valence-corrected chi connectivity index (χ3v) is 3.90. The van der Waals surface area contributed by atoms with Crippen molar-refractivity contribution in [3.63, 3.8) is 0 Å². The molecular weight excluding hydrogens is 236 g/mol. The van der Waals surface area contributed by atoms with E-state index in [-0.39, 0.29) is 0 Å². The van der Waals surface area contributed by atoms with Gasteiger partial charge in [-0.15, -0.1) is 0 Å². The molecule has 4 nitrogen and oxygen atoms in total. The lowest BCUT2D eigenvalue weighted by Gasteiger charge is -2.20. The van der Waals surface area contributed by atoms with E-state index in [4.69, 9.17) is 0 Å². The van der Waals surface area contributed by atoms with Crippen LogP contribution in [0.1, 0.15) is 25.3 Å². The molecule has 1 aliphatic rings. The monoisotopic (exact) mass is 256 g/mol. The normalized spacial score (nSPS) is 20.0. The summed E-state index contributed by atoms with van der Waals surface area (Å²) in [5.41, 5.74) is 3.36. The summed E-state index contributed by atoms with van der Waals surface area (Å²) in [5.74, 6) is 0. The molecular formula is C15H20N4. The largest absolute Gasteiger partial charge is 0.296 e. The van der Waals surface area contributed by atoms with Crippen molar-refractivity contribution in [2.45, 2.75) is 32.4 Å². The molecule has 3 rings (SSSR count). The Balaban J connectivity index is 1.72. The van der Waals surface area contributed by atoms with Gasteiger partial charge in [-0.2, -0.15) is 5.10 Å². The lowest BCUT2D eigenvalue weighted by Crippen LogP contribution is -2.26. The van der Waals surface area contributed by atoms with Crippen LogP contribution in [0, 0.1) is 0 Å². The van der Waals surface area contributed by atoms with Crippen LogP contribution in [0.4, 0.5) is 0 Å². The van der Waals surface area contributed by atoms with Crippen molar-refractivity contribution in [3.8, 4) is 11.3 Å². The SMILES string of the molecule is CC1CCCN1Cc1ccc(-c2cnn(C)c2)nc1. The summed E-state index contributed by atoms with van der Waals surface area (Å²) in [6.45, 7) is 4.54. The topological polar surface area (TPSA) is 34.0 Å². The first kappa shape index (κ1) is 12.4. The smallest absolute Gasteiger partial charge is 0.0733 e. The molecule has 1 atom stereocenters. The number of pyridine rings is 1. The molecule has 0 aliphatic carbocycles. The molecule has 0 aromatic carbocycles. The van der Waals surface area contributed by atoms with E-state index in [0.717, 1.165) is 17.8 Å². The molecule has 1 saturated heterocycles. The minimum atomic E-state index is 0.706. The van der Waals surface area contributed by atoms with Gasteiger partial charge in [-0.1, -0.05) is 6.07 Å². The Morgan fingerprint density at radius 2 is 2.21 bits per heavy atom. The van der Waals surface area contributed by atoms with Gasteiger partial charge in [0.05, 0.1) is 11.9 Å². The van der Waals surface area contributed by atoms with Crippen molar-refractivity contribution in [1.82, 2.24) is 19.7 Å². The molecule has 2 aromatic rings. The second-order valence-electron chi connectivity index (χ2n) is 5.42. The van der Waals surface area contributed by atoms with Gasteiger partial charge in [-0.25, -0.2) is 0 Å². The molecule has 0 spiro atoms. The number of nitrogens with zero attached hydrogens (tertiary/aromatic N) is 4. The van der Waals surface area contributed by atoms with Gasteiger partial charge in [-0.05, 0) is 37.9 Å². The Morgan fingerprint density at radius 1 is 1.32 bits per heavy atom. The van der Waals surface area contributed by atoms with Gasteiger partial charge in [0.1, 0.15) is 0 Å². The molecule has 3 heterocycles. The quantitative estimate of drug-likeness (QED) is 0.846. The molecule has 0 N–H and O–H groups in total. The fourth-order valence-corrected chi connectivity index (χ4v) is 2.70. The summed E-state index contributed by atoms with van der Waals surface area (Å²) < 4.78 is 1.80. The van der Waals surface area contributed by atoms with E-state index in [1.807, 2.05) is 25.6 Å². The second kappa shape index (κ2) is 5.13. The first-order valence-corrected chi connectivity index (χ1v) is 6.90. The van der Waals surface area contributed by atoms with Gasteiger partial charge >= 0.3 is 0 Å².